The Balaban J connectivity index is 2.23. The molecule has 3 N–H and O–H groups in total. The van der Waals surface area contributed by atoms with Crippen molar-refractivity contribution in [2.24, 2.45) is 11.1 Å². The summed E-state index contributed by atoms with van der Waals surface area (Å²) in [7, 11) is 0. The molecule has 0 bridgehead atoms. The van der Waals surface area contributed by atoms with Crippen LogP contribution in [0.1, 0.15) is 39.0 Å². The summed E-state index contributed by atoms with van der Waals surface area (Å²) in [6.07, 6.45) is 5.37. The van der Waals surface area contributed by atoms with Crippen LogP contribution in [0.4, 0.5) is 0 Å². The molecule has 0 radical (unpaired) electrons. The summed E-state index contributed by atoms with van der Waals surface area (Å²) >= 11 is 0. The minimum Gasteiger partial charge on any atom is -0.393 e. The van der Waals surface area contributed by atoms with Gasteiger partial charge in [0.2, 0.25) is 0 Å². The second-order valence-corrected chi connectivity index (χ2v) is 3.72. The molecule has 0 aromatic rings. The van der Waals surface area contributed by atoms with Gasteiger partial charge in [-0.2, -0.15) is 0 Å². The third-order valence-electron chi connectivity index (χ3n) is 2.84. The van der Waals surface area contributed by atoms with E-state index >= 15 is 0 Å². The maximum Gasteiger partial charge on any atom is 0.0608 e. The lowest BCUT2D eigenvalue weighted by Crippen LogP contribution is -2.29. The Labute approximate surface area is 68.8 Å². The smallest absolute Gasteiger partial charge is 0.0608 e. The minimum absolute atomic E-state index is 0.132. The molecular formula is C9H19NO. The van der Waals surface area contributed by atoms with Crippen LogP contribution in [0.5, 0.6) is 0 Å². The first kappa shape index (κ1) is 9.01. The molecule has 0 aromatic heterocycles. The van der Waals surface area contributed by atoms with Crippen molar-refractivity contribution in [3.8, 4) is 0 Å². The van der Waals surface area contributed by atoms with Gasteiger partial charge in [-0.15, -0.1) is 0 Å². The molecule has 1 rings (SSSR count). The third-order valence-corrected chi connectivity index (χ3v) is 2.84. The lowest BCUT2D eigenvalue weighted by molar-refractivity contribution is 0.0864. The Morgan fingerprint density at radius 2 is 2.18 bits per heavy atom. The van der Waals surface area contributed by atoms with E-state index in [9.17, 15) is 5.11 Å². The average molecular weight is 157 g/mol. The van der Waals surface area contributed by atoms with E-state index in [1.54, 1.807) is 0 Å². The number of aliphatic hydroxyl groups excluding tert-OH is 1. The van der Waals surface area contributed by atoms with Crippen molar-refractivity contribution >= 4 is 0 Å². The highest BCUT2D eigenvalue weighted by Gasteiger charge is 2.46. The minimum atomic E-state index is -0.132. The van der Waals surface area contributed by atoms with Crippen LogP contribution in [0.15, 0.2) is 0 Å². The average Bonchev–Trinajstić information content (AvgIpc) is 2.80. The number of hydrogen-bond donors (Lipinski definition) is 2. The van der Waals surface area contributed by atoms with Crippen LogP contribution in [-0.4, -0.2) is 17.8 Å². The Morgan fingerprint density at radius 1 is 1.55 bits per heavy atom. The van der Waals surface area contributed by atoms with Crippen molar-refractivity contribution in [2.45, 2.75) is 45.1 Å². The zero-order valence-corrected chi connectivity index (χ0v) is 7.34. The molecule has 0 amide bonds. The summed E-state index contributed by atoms with van der Waals surface area (Å²) in [4.78, 5) is 0. The van der Waals surface area contributed by atoms with Gasteiger partial charge in [0, 0.05) is 12.0 Å². The van der Waals surface area contributed by atoms with E-state index in [2.05, 4.69) is 6.92 Å². The van der Waals surface area contributed by atoms with Gasteiger partial charge < -0.3 is 10.8 Å². The van der Waals surface area contributed by atoms with Gasteiger partial charge in [0.15, 0.2) is 0 Å². The molecule has 66 valence electrons. The predicted molar refractivity (Wildman–Crippen MR) is 46.3 cm³/mol. The van der Waals surface area contributed by atoms with Crippen LogP contribution < -0.4 is 5.73 Å². The van der Waals surface area contributed by atoms with Gasteiger partial charge in [0.1, 0.15) is 0 Å². The number of nitrogens with two attached hydrogens (primary N) is 1. The van der Waals surface area contributed by atoms with E-state index in [0.29, 0.717) is 6.54 Å². The maximum atomic E-state index is 9.69. The number of aliphatic hydroxyl groups is 1. The lowest BCUT2D eigenvalue weighted by Gasteiger charge is -2.19. The molecule has 0 unspecified atom stereocenters. The zero-order valence-electron chi connectivity index (χ0n) is 7.34. The third kappa shape index (κ3) is 1.94. The maximum absolute atomic E-state index is 9.69. The molecule has 2 heteroatoms. The van der Waals surface area contributed by atoms with Crippen LogP contribution in [0, 0.1) is 5.41 Å². The molecule has 1 saturated carbocycles. The number of rotatable bonds is 5. The van der Waals surface area contributed by atoms with E-state index < -0.39 is 0 Å². The molecule has 11 heavy (non-hydrogen) atoms. The molecule has 0 heterocycles. The van der Waals surface area contributed by atoms with Crippen LogP contribution in [0.2, 0.25) is 0 Å². The Kier molecular flexibility index (Phi) is 2.90. The van der Waals surface area contributed by atoms with E-state index in [-0.39, 0.29) is 11.5 Å². The molecule has 1 aliphatic carbocycles. The van der Waals surface area contributed by atoms with Gasteiger partial charge in [0.25, 0.3) is 0 Å². The lowest BCUT2D eigenvalue weighted by atomic mass is 9.95. The number of unbranched alkanes of at least 4 members (excludes halogenated alkanes) is 1. The monoisotopic (exact) mass is 157 g/mol. The van der Waals surface area contributed by atoms with E-state index in [0.717, 1.165) is 32.1 Å². The van der Waals surface area contributed by atoms with Crippen molar-refractivity contribution in [2.75, 3.05) is 6.54 Å². The first-order valence-corrected chi connectivity index (χ1v) is 4.63. The van der Waals surface area contributed by atoms with Crippen molar-refractivity contribution in [1.29, 1.82) is 0 Å². The normalized spacial score (nSPS) is 23.2. The summed E-state index contributed by atoms with van der Waals surface area (Å²) in [6, 6.07) is 0. The van der Waals surface area contributed by atoms with E-state index in [4.69, 9.17) is 5.73 Å². The second-order valence-electron chi connectivity index (χ2n) is 3.72. The summed E-state index contributed by atoms with van der Waals surface area (Å²) in [6.45, 7) is 2.81. The molecule has 1 aliphatic rings. The van der Waals surface area contributed by atoms with Crippen molar-refractivity contribution < 1.29 is 5.11 Å². The van der Waals surface area contributed by atoms with Crippen LogP contribution in [-0.2, 0) is 0 Å². The van der Waals surface area contributed by atoms with Gasteiger partial charge in [-0.05, 0) is 19.3 Å². The Morgan fingerprint density at radius 3 is 2.55 bits per heavy atom. The van der Waals surface area contributed by atoms with Gasteiger partial charge in [-0.1, -0.05) is 19.8 Å². The summed E-state index contributed by atoms with van der Waals surface area (Å²) in [5, 5.41) is 9.69. The van der Waals surface area contributed by atoms with Crippen LogP contribution in [0.25, 0.3) is 0 Å². The van der Waals surface area contributed by atoms with Gasteiger partial charge >= 0.3 is 0 Å². The second kappa shape index (κ2) is 3.55. The van der Waals surface area contributed by atoms with Crippen molar-refractivity contribution in [3.63, 3.8) is 0 Å². The fourth-order valence-electron chi connectivity index (χ4n) is 1.54. The predicted octanol–water partition coefficient (Wildman–Crippen LogP) is 1.28. The van der Waals surface area contributed by atoms with Crippen molar-refractivity contribution in [1.82, 2.24) is 0 Å². The highest BCUT2D eigenvalue weighted by molar-refractivity contribution is 4.99. The quantitative estimate of drug-likeness (QED) is 0.631. The first-order valence-electron chi connectivity index (χ1n) is 4.63. The first-order chi connectivity index (χ1) is 5.25. The largest absolute Gasteiger partial charge is 0.393 e. The molecule has 0 saturated heterocycles. The van der Waals surface area contributed by atoms with Crippen LogP contribution >= 0.6 is 0 Å². The van der Waals surface area contributed by atoms with E-state index in [1.165, 1.54) is 0 Å². The highest BCUT2D eigenvalue weighted by atomic mass is 16.3. The highest BCUT2D eigenvalue weighted by Crippen LogP contribution is 2.48. The standard InChI is InChI=1S/C9H19NO/c1-2-3-4-8(11)9(7-10)5-6-9/h8,11H,2-7,10H2,1H3/t8-/m0/s1. The van der Waals surface area contributed by atoms with Crippen molar-refractivity contribution in [3.05, 3.63) is 0 Å². The summed E-state index contributed by atoms with van der Waals surface area (Å²) < 4.78 is 0. The Bertz CT molecular complexity index is 121. The fourth-order valence-corrected chi connectivity index (χ4v) is 1.54. The molecular weight excluding hydrogens is 138 g/mol. The van der Waals surface area contributed by atoms with Gasteiger partial charge in [-0.25, -0.2) is 0 Å². The molecule has 2 nitrogen and oxygen atoms in total. The summed E-state index contributed by atoms with van der Waals surface area (Å²) in [5.41, 5.74) is 5.72. The molecule has 0 aliphatic heterocycles. The van der Waals surface area contributed by atoms with Gasteiger partial charge in [-0.3, -0.25) is 0 Å². The molecule has 0 spiro atoms. The molecule has 1 atom stereocenters. The zero-order chi connectivity index (χ0) is 8.32. The van der Waals surface area contributed by atoms with E-state index in [1.807, 2.05) is 0 Å². The topological polar surface area (TPSA) is 46.2 Å². The van der Waals surface area contributed by atoms with Gasteiger partial charge in [0.05, 0.1) is 6.10 Å². The molecule has 1 fully saturated rings. The SMILES string of the molecule is CCCC[C@H](O)C1(CN)CC1. The summed E-state index contributed by atoms with van der Waals surface area (Å²) in [5.74, 6) is 0. The number of hydrogen-bond acceptors (Lipinski definition) is 2. The Hall–Kier alpha value is -0.0800. The fraction of sp³-hybridized carbons (Fsp3) is 1.00. The molecule has 0 aromatic carbocycles. The van der Waals surface area contributed by atoms with Crippen LogP contribution in [0.3, 0.4) is 0 Å².